The van der Waals surface area contributed by atoms with Gasteiger partial charge in [-0.3, -0.25) is 4.79 Å². The molecule has 0 aliphatic rings. The average molecular weight is 311 g/mol. The van der Waals surface area contributed by atoms with Gasteiger partial charge >= 0.3 is 0 Å². The van der Waals surface area contributed by atoms with Gasteiger partial charge in [0.2, 0.25) is 5.91 Å². The molecule has 0 aliphatic carbocycles. The number of rotatable bonds is 8. The summed E-state index contributed by atoms with van der Waals surface area (Å²) in [7, 11) is 3.34. The number of nitrogens with zero attached hydrogens (tertiary/aromatic N) is 1. The maximum atomic E-state index is 11.8. The Hall–Kier alpha value is -1.39. The van der Waals surface area contributed by atoms with Crippen molar-refractivity contribution in [1.82, 2.24) is 4.90 Å². The van der Waals surface area contributed by atoms with E-state index in [0.29, 0.717) is 26.2 Å². The first-order valence-corrected chi connectivity index (χ1v) is 7.53. The van der Waals surface area contributed by atoms with Crippen LogP contribution in [0.4, 0.5) is 0 Å². The van der Waals surface area contributed by atoms with Gasteiger partial charge in [0.05, 0.1) is 26.4 Å². The van der Waals surface area contributed by atoms with E-state index in [4.69, 9.17) is 14.6 Å². The zero-order valence-corrected chi connectivity index (χ0v) is 13.2. The molecule has 1 amide bonds. The summed E-state index contributed by atoms with van der Waals surface area (Å²) < 4.78 is 10.1. The maximum absolute atomic E-state index is 11.8. The van der Waals surface area contributed by atoms with Crippen molar-refractivity contribution < 1.29 is 19.4 Å². The molecule has 0 aromatic carbocycles. The van der Waals surface area contributed by atoms with Crippen LogP contribution in [-0.2, 0) is 20.8 Å². The minimum atomic E-state index is -0.0626. The number of carbonyl (C=O) groups excluding carboxylic acids is 1. The average Bonchev–Trinajstić information content (AvgIpc) is 2.91. The van der Waals surface area contributed by atoms with Crippen LogP contribution in [0.3, 0.4) is 0 Å². The fourth-order valence-corrected chi connectivity index (χ4v) is 2.35. The molecular formula is C15H21NO4S. The van der Waals surface area contributed by atoms with Crippen LogP contribution in [0.2, 0.25) is 0 Å². The first kappa shape index (κ1) is 17.7. The van der Waals surface area contributed by atoms with E-state index >= 15 is 0 Å². The Labute approximate surface area is 129 Å². The van der Waals surface area contributed by atoms with Crippen LogP contribution in [0.25, 0.3) is 0 Å². The second-order valence-electron chi connectivity index (χ2n) is 4.37. The summed E-state index contributed by atoms with van der Waals surface area (Å²) >= 11 is 1.57. The molecule has 0 radical (unpaired) electrons. The zero-order chi connectivity index (χ0) is 15.5. The molecule has 1 N–H and O–H groups in total. The molecular weight excluding hydrogens is 290 g/mol. The second-order valence-corrected chi connectivity index (χ2v) is 5.37. The van der Waals surface area contributed by atoms with E-state index < -0.39 is 0 Å². The minimum Gasteiger partial charge on any atom is -0.395 e. The van der Waals surface area contributed by atoms with Gasteiger partial charge in [0.1, 0.15) is 6.61 Å². The minimum absolute atomic E-state index is 0.0626. The normalized spacial score (nSPS) is 10.0. The van der Waals surface area contributed by atoms with E-state index in [-0.39, 0.29) is 19.1 Å². The van der Waals surface area contributed by atoms with Gasteiger partial charge in [0, 0.05) is 36.4 Å². The highest BCUT2D eigenvalue weighted by atomic mass is 32.1. The van der Waals surface area contributed by atoms with Crippen LogP contribution < -0.4 is 0 Å². The van der Waals surface area contributed by atoms with Gasteiger partial charge in [-0.2, -0.15) is 0 Å². The predicted molar refractivity (Wildman–Crippen MR) is 82.1 cm³/mol. The van der Waals surface area contributed by atoms with Crippen molar-refractivity contribution in [2.24, 2.45) is 0 Å². The molecule has 116 valence electrons. The molecule has 5 nitrogen and oxygen atoms in total. The van der Waals surface area contributed by atoms with Crippen molar-refractivity contribution in [1.29, 1.82) is 0 Å². The van der Waals surface area contributed by atoms with Crippen molar-refractivity contribution in [3.63, 3.8) is 0 Å². The largest absolute Gasteiger partial charge is 0.395 e. The summed E-state index contributed by atoms with van der Waals surface area (Å²) in [6.45, 7) is 1.58. The summed E-state index contributed by atoms with van der Waals surface area (Å²) in [6.07, 6.45) is 0.475. The molecule has 1 aromatic heterocycles. The van der Waals surface area contributed by atoms with E-state index in [2.05, 4.69) is 11.8 Å². The number of thiophene rings is 1. The number of likely N-dealkylation sites (N-methyl/N-ethyl adjacent to an activating group) is 1. The summed E-state index contributed by atoms with van der Waals surface area (Å²) in [5.74, 6) is 5.79. The Morgan fingerprint density at radius 3 is 3.00 bits per heavy atom. The van der Waals surface area contributed by atoms with Crippen molar-refractivity contribution >= 4 is 17.2 Å². The Bertz CT molecular complexity index is 489. The summed E-state index contributed by atoms with van der Waals surface area (Å²) in [4.78, 5) is 14.5. The lowest BCUT2D eigenvalue weighted by Crippen LogP contribution is -2.30. The number of ether oxygens (including phenoxy) is 2. The molecule has 0 fully saturated rings. The van der Waals surface area contributed by atoms with Gasteiger partial charge in [0.15, 0.2) is 0 Å². The molecule has 0 bridgehead atoms. The van der Waals surface area contributed by atoms with Gasteiger partial charge in [-0.1, -0.05) is 11.8 Å². The third-order valence-corrected chi connectivity index (χ3v) is 3.52. The predicted octanol–water partition coefficient (Wildman–Crippen LogP) is 1.10. The lowest BCUT2D eigenvalue weighted by atomic mass is 10.3. The Kier molecular flexibility index (Phi) is 8.71. The molecule has 1 aromatic rings. The molecule has 0 saturated carbocycles. The number of hydrogen-bond acceptors (Lipinski definition) is 5. The first-order chi connectivity index (χ1) is 10.2. The molecule has 1 rings (SSSR count). The lowest BCUT2D eigenvalue weighted by molar-refractivity contribution is -0.135. The van der Waals surface area contributed by atoms with Gasteiger partial charge in [0.25, 0.3) is 0 Å². The fourth-order valence-electron chi connectivity index (χ4n) is 1.48. The number of aliphatic hydroxyl groups is 1. The molecule has 0 atom stereocenters. The van der Waals surface area contributed by atoms with Crippen molar-refractivity contribution in [2.45, 2.75) is 13.0 Å². The molecule has 0 unspecified atom stereocenters. The van der Waals surface area contributed by atoms with E-state index in [1.54, 1.807) is 30.4 Å². The van der Waals surface area contributed by atoms with Gasteiger partial charge in [-0.15, -0.1) is 11.3 Å². The standard InChI is InChI=1S/C15H21NO4S/c1-16(15(18)11-20-8-7-19-2)10-14-9-13(12-21-14)5-3-4-6-17/h9,12,17H,4,6-8,10-11H2,1-2H3. The van der Waals surface area contributed by atoms with Crippen LogP contribution in [0.15, 0.2) is 11.4 Å². The SMILES string of the molecule is COCCOCC(=O)N(C)Cc1cc(C#CCCO)cs1. The van der Waals surface area contributed by atoms with Crippen molar-refractivity contribution in [3.8, 4) is 11.8 Å². The summed E-state index contributed by atoms with van der Waals surface area (Å²) in [5, 5.41) is 10.6. The van der Waals surface area contributed by atoms with Crippen LogP contribution in [0.5, 0.6) is 0 Å². The molecule has 0 aliphatic heterocycles. The summed E-state index contributed by atoms with van der Waals surface area (Å²) in [6, 6.07) is 1.96. The second kappa shape index (κ2) is 10.4. The Morgan fingerprint density at radius 2 is 2.29 bits per heavy atom. The number of hydrogen-bond donors (Lipinski definition) is 1. The van der Waals surface area contributed by atoms with Crippen LogP contribution >= 0.6 is 11.3 Å². The van der Waals surface area contributed by atoms with Crippen LogP contribution in [0.1, 0.15) is 16.9 Å². The molecule has 6 heteroatoms. The third kappa shape index (κ3) is 7.25. The highest BCUT2D eigenvalue weighted by molar-refractivity contribution is 7.10. The lowest BCUT2D eigenvalue weighted by Gasteiger charge is -2.16. The topological polar surface area (TPSA) is 59.0 Å². The van der Waals surface area contributed by atoms with E-state index in [1.165, 1.54) is 0 Å². The van der Waals surface area contributed by atoms with Crippen molar-refractivity contribution in [3.05, 3.63) is 21.9 Å². The van der Waals surface area contributed by atoms with Crippen LogP contribution in [0, 0.1) is 11.8 Å². The maximum Gasteiger partial charge on any atom is 0.248 e. The van der Waals surface area contributed by atoms with Gasteiger partial charge in [-0.25, -0.2) is 0 Å². The smallest absolute Gasteiger partial charge is 0.248 e. The Balaban J connectivity index is 2.38. The number of carbonyl (C=O) groups is 1. The van der Waals surface area contributed by atoms with Gasteiger partial charge in [-0.05, 0) is 6.07 Å². The highest BCUT2D eigenvalue weighted by Crippen LogP contribution is 2.15. The number of methoxy groups -OCH3 is 1. The van der Waals surface area contributed by atoms with Crippen LogP contribution in [-0.4, -0.2) is 56.5 Å². The summed E-state index contributed by atoms with van der Waals surface area (Å²) in [5.41, 5.74) is 0.917. The number of aliphatic hydroxyl groups excluding tert-OH is 1. The highest BCUT2D eigenvalue weighted by Gasteiger charge is 2.10. The van der Waals surface area contributed by atoms with E-state index in [9.17, 15) is 4.79 Å². The zero-order valence-electron chi connectivity index (χ0n) is 12.4. The van der Waals surface area contributed by atoms with Gasteiger partial charge < -0.3 is 19.5 Å². The monoisotopic (exact) mass is 311 g/mol. The Morgan fingerprint density at radius 1 is 1.48 bits per heavy atom. The molecule has 0 spiro atoms. The third-order valence-electron chi connectivity index (χ3n) is 2.60. The quantitative estimate of drug-likeness (QED) is 0.577. The van der Waals surface area contributed by atoms with E-state index in [1.807, 2.05) is 11.4 Å². The van der Waals surface area contributed by atoms with E-state index in [0.717, 1.165) is 10.4 Å². The fraction of sp³-hybridized carbons (Fsp3) is 0.533. The molecule has 0 saturated heterocycles. The first-order valence-electron chi connectivity index (χ1n) is 6.65. The molecule has 1 heterocycles. The van der Waals surface area contributed by atoms with Crippen molar-refractivity contribution in [2.75, 3.05) is 40.6 Å². The number of amides is 1. The molecule has 21 heavy (non-hydrogen) atoms.